The van der Waals surface area contributed by atoms with Crippen molar-refractivity contribution in [2.24, 2.45) is 0 Å². The fourth-order valence-electron chi connectivity index (χ4n) is 2.99. The van der Waals surface area contributed by atoms with Crippen LogP contribution in [0.2, 0.25) is 0 Å². The predicted molar refractivity (Wildman–Crippen MR) is 95.5 cm³/mol. The quantitative estimate of drug-likeness (QED) is 0.636. The van der Waals surface area contributed by atoms with Gasteiger partial charge in [-0.2, -0.15) is 0 Å². The average Bonchev–Trinajstić information content (AvgIpc) is 3.08. The van der Waals surface area contributed by atoms with Gasteiger partial charge in [-0.15, -0.1) is 0 Å². The van der Waals surface area contributed by atoms with Crippen LogP contribution in [0.5, 0.6) is 5.88 Å². The summed E-state index contributed by atoms with van der Waals surface area (Å²) in [6, 6.07) is 8.38. The van der Waals surface area contributed by atoms with E-state index in [1.165, 1.54) is 36.6 Å². The van der Waals surface area contributed by atoms with Gasteiger partial charge in [-0.3, -0.25) is 9.78 Å². The molecule has 3 aromatic rings. The molecule has 2 aromatic heterocycles. The summed E-state index contributed by atoms with van der Waals surface area (Å²) < 4.78 is 2.30. The highest BCUT2D eigenvalue weighted by Crippen LogP contribution is 2.26. The highest BCUT2D eigenvalue weighted by Gasteiger charge is 2.11. The number of thiazole rings is 1. The first-order valence-electron chi connectivity index (χ1n) is 8.16. The van der Waals surface area contributed by atoms with Crippen LogP contribution in [0.4, 0.5) is 0 Å². The van der Waals surface area contributed by atoms with Crippen molar-refractivity contribution in [2.75, 3.05) is 0 Å². The summed E-state index contributed by atoms with van der Waals surface area (Å²) in [5.74, 6) is -0.00370. The van der Waals surface area contributed by atoms with E-state index < -0.39 is 0 Å². The minimum absolute atomic E-state index is 0.00370. The van der Waals surface area contributed by atoms with Crippen molar-refractivity contribution in [2.45, 2.75) is 45.6 Å². The number of nitrogens with one attached hydrogen (secondary N) is 1. The van der Waals surface area contributed by atoms with Crippen molar-refractivity contribution in [3.63, 3.8) is 0 Å². The van der Waals surface area contributed by atoms with E-state index in [0.717, 1.165) is 23.4 Å². The topological polar surface area (TPSA) is 58.0 Å². The summed E-state index contributed by atoms with van der Waals surface area (Å²) in [6.45, 7) is 3.26. The molecular weight excluding hydrogens is 308 g/mol. The normalized spacial score (nSPS) is 11.3. The van der Waals surface area contributed by atoms with Gasteiger partial charge in [0, 0.05) is 30.1 Å². The number of aromatic hydroxyl groups is 1. The van der Waals surface area contributed by atoms with Crippen molar-refractivity contribution < 1.29 is 5.11 Å². The number of aromatic nitrogens is 2. The number of rotatable bonds is 7. The maximum atomic E-state index is 11.3. The molecular formula is C18H22N2O2S. The van der Waals surface area contributed by atoms with Crippen molar-refractivity contribution in [1.29, 1.82) is 0 Å². The summed E-state index contributed by atoms with van der Waals surface area (Å²) in [5.41, 5.74) is 2.36. The van der Waals surface area contributed by atoms with Gasteiger partial charge in [0.15, 0.2) is 0 Å². The van der Waals surface area contributed by atoms with E-state index in [0.29, 0.717) is 11.3 Å². The molecule has 0 aliphatic heterocycles. The van der Waals surface area contributed by atoms with Crippen LogP contribution in [0.15, 0.2) is 35.3 Å². The van der Waals surface area contributed by atoms with Gasteiger partial charge in [-0.05, 0) is 24.1 Å². The Morgan fingerprint density at radius 3 is 2.83 bits per heavy atom. The molecule has 5 heteroatoms. The summed E-state index contributed by atoms with van der Waals surface area (Å²) in [4.78, 5) is 14.3. The number of aromatic amines is 1. The van der Waals surface area contributed by atoms with Crippen LogP contribution in [0.25, 0.3) is 10.9 Å². The zero-order valence-electron chi connectivity index (χ0n) is 13.3. The fraction of sp³-hybridized carbons (Fsp3) is 0.389. The lowest BCUT2D eigenvalue weighted by molar-refractivity contribution is 0.451. The molecule has 0 unspecified atom stereocenters. The average molecular weight is 330 g/mol. The number of aryl methyl sites for hydroxylation is 1. The molecule has 0 saturated carbocycles. The minimum Gasteiger partial charge on any atom is -0.494 e. The first kappa shape index (κ1) is 15.9. The summed E-state index contributed by atoms with van der Waals surface area (Å²) in [5, 5.41) is 11.0. The molecule has 0 bridgehead atoms. The third-order valence-electron chi connectivity index (χ3n) is 4.21. The van der Waals surface area contributed by atoms with E-state index in [1.54, 1.807) is 0 Å². The molecule has 23 heavy (non-hydrogen) atoms. The lowest BCUT2D eigenvalue weighted by Gasteiger charge is -2.07. The number of unbranched alkanes of at least 4 members (excludes halogenated alkanes) is 3. The summed E-state index contributed by atoms with van der Waals surface area (Å²) in [6.07, 6.45) is 7.71. The summed E-state index contributed by atoms with van der Waals surface area (Å²) in [7, 11) is 0. The molecule has 0 saturated heterocycles. The van der Waals surface area contributed by atoms with E-state index in [2.05, 4.69) is 40.9 Å². The summed E-state index contributed by atoms with van der Waals surface area (Å²) >= 11 is 1.08. The van der Waals surface area contributed by atoms with Gasteiger partial charge >= 0.3 is 4.87 Å². The lowest BCUT2D eigenvalue weighted by Crippen LogP contribution is -1.96. The first-order valence-corrected chi connectivity index (χ1v) is 8.98. The maximum Gasteiger partial charge on any atom is 0.307 e. The monoisotopic (exact) mass is 330 g/mol. The standard InChI is InChI=1S/C18H22N2O2S/c1-2-3-4-5-10-20-11-9-14-13(7-6-8-15(14)20)12-16-17(21)19-18(22)23-16/h6-9,11,21H,2-5,10,12H2,1H3,(H,19,22). The molecule has 2 N–H and O–H groups in total. The van der Waals surface area contributed by atoms with E-state index in [9.17, 15) is 9.90 Å². The third-order valence-corrected chi connectivity index (χ3v) is 5.08. The van der Waals surface area contributed by atoms with Crippen LogP contribution in [0, 0.1) is 0 Å². The fourth-order valence-corrected chi connectivity index (χ4v) is 3.74. The highest BCUT2D eigenvalue weighted by molar-refractivity contribution is 7.09. The SMILES string of the molecule is CCCCCCn1ccc2c(Cc3sc(=O)[nH]c3O)cccc21. The van der Waals surface area contributed by atoms with Gasteiger partial charge in [0.25, 0.3) is 0 Å². The highest BCUT2D eigenvalue weighted by atomic mass is 32.1. The Labute approximate surface area is 139 Å². The van der Waals surface area contributed by atoms with Gasteiger partial charge < -0.3 is 9.67 Å². The molecule has 0 spiro atoms. The predicted octanol–water partition coefficient (Wildman–Crippen LogP) is 4.27. The largest absolute Gasteiger partial charge is 0.494 e. The van der Waals surface area contributed by atoms with Gasteiger partial charge in [0.05, 0.1) is 4.88 Å². The van der Waals surface area contributed by atoms with Gasteiger partial charge in [-0.25, -0.2) is 0 Å². The molecule has 0 aliphatic carbocycles. The van der Waals surface area contributed by atoms with Crippen molar-refractivity contribution in [3.05, 3.63) is 50.6 Å². The van der Waals surface area contributed by atoms with Gasteiger partial charge in [-0.1, -0.05) is 49.7 Å². The van der Waals surface area contributed by atoms with Gasteiger partial charge in [0.1, 0.15) is 0 Å². The van der Waals surface area contributed by atoms with Crippen LogP contribution in [-0.4, -0.2) is 14.7 Å². The molecule has 122 valence electrons. The smallest absolute Gasteiger partial charge is 0.307 e. The molecule has 0 radical (unpaired) electrons. The van der Waals surface area contributed by atoms with E-state index >= 15 is 0 Å². The Bertz CT molecular complexity index is 844. The number of hydrogen-bond donors (Lipinski definition) is 2. The Kier molecular flexibility index (Phi) is 4.86. The number of hydrogen-bond acceptors (Lipinski definition) is 3. The zero-order chi connectivity index (χ0) is 16.2. The molecule has 0 fully saturated rings. The third kappa shape index (κ3) is 3.50. The minimum atomic E-state index is -0.210. The van der Waals surface area contributed by atoms with E-state index in [-0.39, 0.29) is 10.8 Å². The van der Waals surface area contributed by atoms with E-state index in [4.69, 9.17) is 0 Å². The second-order valence-corrected chi connectivity index (χ2v) is 6.95. The molecule has 0 amide bonds. The van der Waals surface area contributed by atoms with Crippen LogP contribution < -0.4 is 4.87 Å². The number of benzene rings is 1. The van der Waals surface area contributed by atoms with Crippen LogP contribution in [-0.2, 0) is 13.0 Å². The number of fused-ring (bicyclic) bond motifs is 1. The van der Waals surface area contributed by atoms with Crippen LogP contribution in [0.1, 0.15) is 43.0 Å². The number of H-pyrrole nitrogens is 1. The lowest BCUT2D eigenvalue weighted by atomic mass is 10.1. The molecule has 4 nitrogen and oxygen atoms in total. The van der Waals surface area contributed by atoms with Gasteiger partial charge in [0.2, 0.25) is 5.88 Å². The Morgan fingerprint density at radius 2 is 2.09 bits per heavy atom. The van der Waals surface area contributed by atoms with Crippen LogP contribution in [0.3, 0.4) is 0 Å². The van der Waals surface area contributed by atoms with Crippen LogP contribution >= 0.6 is 11.3 Å². The first-order chi connectivity index (χ1) is 11.2. The van der Waals surface area contributed by atoms with Crippen molar-refractivity contribution >= 4 is 22.2 Å². The molecule has 0 aliphatic rings. The van der Waals surface area contributed by atoms with E-state index in [1.807, 2.05) is 6.07 Å². The maximum absolute atomic E-state index is 11.3. The zero-order valence-corrected chi connectivity index (χ0v) is 14.2. The Balaban J connectivity index is 1.83. The second-order valence-electron chi connectivity index (χ2n) is 5.88. The molecule has 2 heterocycles. The molecule has 0 atom stereocenters. The van der Waals surface area contributed by atoms with Crippen molar-refractivity contribution in [1.82, 2.24) is 9.55 Å². The Morgan fingerprint density at radius 1 is 1.22 bits per heavy atom. The molecule has 1 aromatic carbocycles. The second kappa shape index (κ2) is 7.04. The van der Waals surface area contributed by atoms with Crippen molar-refractivity contribution in [3.8, 4) is 5.88 Å². The Hall–Kier alpha value is -2.01. The number of nitrogens with zero attached hydrogens (tertiary/aromatic N) is 1. The molecule has 3 rings (SSSR count).